The van der Waals surface area contributed by atoms with E-state index in [2.05, 4.69) is 5.32 Å². The van der Waals surface area contributed by atoms with Crippen molar-refractivity contribution in [3.05, 3.63) is 64.8 Å². The van der Waals surface area contributed by atoms with Gasteiger partial charge in [-0.2, -0.15) is 0 Å². The van der Waals surface area contributed by atoms with Crippen LogP contribution in [0.1, 0.15) is 26.7 Å². The van der Waals surface area contributed by atoms with Gasteiger partial charge in [-0.15, -0.1) is 0 Å². The second-order valence-electron chi connectivity index (χ2n) is 6.96. The molecule has 3 aromatic rings. The summed E-state index contributed by atoms with van der Waals surface area (Å²) < 4.78 is 21.6. The van der Waals surface area contributed by atoms with Crippen molar-refractivity contribution in [2.75, 3.05) is 5.32 Å². The fraction of sp³-hybridized carbons (Fsp3) is 0.318. The van der Waals surface area contributed by atoms with Crippen molar-refractivity contribution < 1.29 is 18.7 Å². The lowest BCUT2D eigenvalue weighted by molar-refractivity contribution is -0.153. The summed E-state index contributed by atoms with van der Waals surface area (Å²) in [5, 5.41) is 2.50. The van der Waals surface area contributed by atoms with E-state index < -0.39 is 23.8 Å². The lowest BCUT2D eigenvalue weighted by atomic mass is 10.3. The van der Waals surface area contributed by atoms with E-state index in [1.54, 1.807) is 9.13 Å². The van der Waals surface area contributed by atoms with Gasteiger partial charge in [0, 0.05) is 18.8 Å². The number of carbonyl (C=O) groups is 2. The van der Waals surface area contributed by atoms with Crippen molar-refractivity contribution >= 4 is 28.6 Å². The Balaban J connectivity index is 1.62. The maximum Gasteiger partial charge on any atom is 0.329 e. The number of nitrogens with zero attached hydrogens (tertiary/aromatic N) is 2. The van der Waals surface area contributed by atoms with Gasteiger partial charge >= 0.3 is 11.7 Å². The van der Waals surface area contributed by atoms with Gasteiger partial charge in [-0.05, 0) is 43.7 Å². The molecule has 8 heteroatoms. The summed E-state index contributed by atoms with van der Waals surface area (Å²) in [5.74, 6) is -1.65. The molecule has 30 heavy (non-hydrogen) atoms. The molecule has 0 saturated carbocycles. The average molecular weight is 413 g/mol. The molecule has 0 unspecified atom stereocenters. The highest BCUT2D eigenvalue weighted by atomic mass is 19.1. The Morgan fingerprint density at radius 1 is 1.07 bits per heavy atom. The standard InChI is InChI=1S/C22H24FN3O4/c1-3-12-25-18-9-4-5-10-19(18)26(22(25)29)13-11-20(27)30-15(2)21(28)24-17-8-6-7-16(23)14-17/h4-10,14-15H,3,11-13H2,1-2H3,(H,24,28)/t15-/m0/s1. The van der Waals surface area contributed by atoms with E-state index in [0.717, 1.165) is 17.5 Å². The number of ether oxygens (including phenoxy) is 1. The van der Waals surface area contributed by atoms with Crippen molar-refractivity contribution in [3.63, 3.8) is 0 Å². The van der Waals surface area contributed by atoms with Crippen molar-refractivity contribution in [1.29, 1.82) is 0 Å². The average Bonchev–Trinajstić information content (AvgIpc) is 2.98. The number of rotatable bonds is 8. The van der Waals surface area contributed by atoms with Crippen LogP contribution in [0.4, 0.5) is 10.1 Å². The molecular weight excluding hydrogens is 389 g/mol. The summed E-state index contributed by atoms with van der Waals surface area (Å²) in [6, 6.07) is 12.9. The Bertz CT molecular complexity index is 1120. The lowest BCUT2D eigenvalue weighted by Gasteiger charge is -2.13. The number of nitrogens with one attached hydrogen (secondary N) is 1. The molecule has 1 amide bonds. The normalized spacial score (nSPS) is 12.0. The first-order chi connectivity index (χ1) is 14.4. The molecule has 0 saturated heterocycles. The summed E-state index contributed by atoms with van der Waals surface area (Å²) in [4.78, 5) is 37.1. The van der Waals surface area contributed by atoms with Crippen LogP contribution in [0.2, 0.25) is 0 Å². The van der Waals surface area contributed by atoms with Crippen LogP contribution in [-0.4, -0.2) is 27.1 Å². The molecule has 1 heterocycles. The number of halogens is 1. The van der Waals surface area contributed by atoms with E-state index in [1.165, 1.54) is 31.2 Å². The van der Waals surface area contributed by atoms with Crippen molar-refractivity contribution in [1.82, 2.24) is 9.13 Å². The Labute approximate surface area is 173 Å². The minimum atomic E-state index is -1.06. The van der Waals surface area contributed by atoms with Crippen LogP contribution in [0, 0.1) is 5.82 Å². The number of aryl methyl sites for hydroxylation is 2. The van der Waals surface area contributed by atoms with Crippen LogP contribution in [0.3, 0.4) is 0 Å². The van der Waals surface area contributed by atoms with Gasteiger partial charge in [-0.25, -0.2) is 9.18 Å². The number of anilines is 1. The predicted molar refractivity (Wildman–Crippen MR) is 112 cm³/mol. The lowest BCUT2D eigenvalue weighted by Crippen LogP contribution is -2.31. The Morgan fingerprint density at radius 2 is 1.73 bits per heavy atom. The molecule has 0 fully saturated rings. The van der Waals surface area contributed by atoms with Crippen LogP contribution >= 0.6 is 0 Å². The first-order valence-electron chi connectivity index (χ1n) is 9.84. The predicted octanol–water partition coefficient (Wildman–Crippen LogP) is 3.31. The zero-order valence-corrected chi connectivity index (χ0v) is 16.9. The third-order valence-electron chi connectivity index (χ3n) is 4.68. The summed E-state index contributed by atoms with van der Waals surface area (Å²) in [6.07, 6.45) is -0.301. The van der Waals surface area contributed by atoms with Crippen LogP contribution in [-0.2, 0) is 27.4 Å². The van der Waals surface area contributed by atoms with E-state index >= 15 is 0 Å². The molecular formula is C22H24FN3O4. The number of amides is 1. The minimum absolute atomic E-state index is 0.0579. The van der Waals surface area contributed by atoms with Gasteiger partial charge in [-0.1, -0.05) is 25.1 Å². The number of aromatic nitrogens is 2. The van der Waals surface area contributed by atoms with Gasteiger partial charge in [-0.3, -0.25) is 18.7 Å². The third kappa shape index (κ3) is 4.76. The number of hydrogen-bond acceptors (Lipinski definition) is 4. The molecule has 0 spiro atoms. The van der Waals surface area contributed by atoms with E-state index in [9.17, 15) is 18.8 Å². The van der Waals surface area contributed by atoms with Gasteiger partial charge in [0.25, 0.3) is 5.91 Å². The highest BCUT2D eigenvalue weighted by Gasteiger charge is 2.19. The largest absolute Gasteiger partial charge is 0.452 e. The van der Waals surface area contributed by atoms with Crippen LogP contribution < -0.4 is 11.0 Å². The van der Waals surface area contributed by atoms with Crippen molar-refractivity contribution in [3.8, 4) is 0 Å². The number of fused-ring (bicyclic) bond motifs is 1. The van der Waals surface area contributed by atoms with Gasteiger partial charge in [0.1, 0.15) is 5.82 Å². The quantitative estimate of drug-likeness (QED) is 0.575. The minimum Gasteiger partial charge on any atom is -0.452 e. The molecule has 1 N–H and O–H groups in total. The molecule has 2 aromatic carbocycles. The first-order valence-corrected chi connectivity index (χ1v) is 9.84. The van der Waals surface area contributed by atoms with Gasteiger partial charge in [0.15, 0.2) is 6.10 Å². The molecule has 0 aliphatic rings. The number of carbonyl (C=O) groups excluding carboxylic acids is 2. The summed E-state index contributed by atoms with van der Waals surface area (Å²) in [7, 11) is 0. The number of para-hydroxylation sites is 2. The monoisotopic (exact) mass is 413 g/mol. The summed E-state index contributed by atoms with van der Waals surface area (Å²) in [6.45, 7) is 4.17. The molecule has 1 atom stereocenters. The first kappa shape index (κ1) is 21.3. The van der Waals surface area contributed by atoms with Crippen LogP contribution in [0.15, 0.2) is 53.3 Å². The SMILES string of the molecule is CCCn1c(=O)n(CCC(=O)O[C@@H](C)C(=O)Nc2cccc(F)c2)c2ccccc21. The molecule has 7 nitrogen and oxygen atoms in total. The summed E-state index contributed by atoms with van der Waals surface area (Å²) in [5.41, 5.74) is 1.67. The van der Waals surface area contributed by atoms with E-state index in [-0.39, 0.29) is 24.3 Å². The number of imidazole rings is 1. The second kappa shape index (κ2) is 9.39. The second-order valence-corrected chi connectivity index (χ2v) is 6.96. The van der Waals surface area contributed by atoms with E-state index in [0.29, 0.717) is 6.54 Å². The zero-order chi connectivity index (χ0) is 21.7. The van der Waals surface area contributed by atoms with Crippen molar-refractivity contribution in [2.24, 2.45) is 0 Å². The fourth-order valence-corrected chi connectivity index (χ4v) is 3.25. The van der Waals surface area contributed by atoms with Gasteiger partial charge < -0.3 is 10.1 Å². The molecule has 1 aromatic heterocycles. The van der Waals surface area contributed by atoms with E-state index in [1.807, 2.05) is 31.2 Å². The summed E-state index contributed by atoms with van der Waals surface area (Å²) >= 11 is 0. The smallest absolute Gasteiger partial charge is 0.329 e. The third-order valence-corrected chi connectivity index (χ3v) is 4.68. The van der Waals surface area contributed by atoms with Crippen LogP contribution in [0.25, 0.3) is 11.0 Å². The Morgan fingerprint density at radius 3 is 2.37 bits per heavy atom. The van der Waals surface area contributed by atoms with Gasteiger partial charge in [0.2, 0.25) is 0 Å². The molecule has 0 bridgehead atoms. The molecule has 0 radical (unpaired) electrons. The molecule has 3 rings (SSSR count). The maximum atomic E-state index is 13.2. The molecule has 158 valence electrons. The fourth-order valence-electron chi connectivity index (χ4n) is 3.25. The number of hydrogen-bond donors (Lipinski definition) is 1. The Hall–Kier alpha value is -3.42. The van der Waals surface area contributed by atoms with Crippen molar-refractivity contribution in [2.45, 2.75) is 45.9 Å². The highest BCUT2D eigenvalue weighted by molar-refractivity contribution is 5.95. The topological polar surface area (TPSA) is 82.3 Å². The number of benzene rings is 2. The van der Waals surface area contributed by atoms with E-state index in [4.69, 9.17) is 4.74 Å². The molecule has 0 aliphatic heterocycles. The van der Waals surface area contributed by atoms with Gasteiger partial charge in [0.05, 0.1) is 17.5 Å². The molecule has 0 aliphatic carbocycles. The Kier molecular flexibility index (Phi) is 6.66. The maximum absolute atomic E-state index is 13.2. The van der Waals surface area contributed by atoms with Crippen LogP contribution in [0.5, 0.6) is 0 Å². The number of esters is 1. The zero-order valence-electron chi connectivity index (χ0n) is 16.9. The highest BCUT2D eigenvalue weighted by Crippen LogP contribution is 2.14.